The first-order valence-corrected chi connectivity index (χ1v) is 10.8. The van der Waals surface area contributed by atoms with Gasteiger partial charge in [0, 0.05) is 37.7 Å². The number of hydrogen-bond donors (Lipinski definition) is 0. The summed E-state index contributed by atoms with van der Waals surface area (Å²) in [5, 5.41) is 2.87. The van der Waals surface area contributed by atoms with Crippen LogP contribution in [0.3, 0.4) is 0 Å². The average Bonchev–Trinajstić information content (AvgIpc) is 3.12. The van der Waals surface area contributed by atoms with E-state index in [0.29, 0.717) is 26.1 Å². The fourth-order valence-electron chi connectivity index (χ4n) is 3.61. The summed E-state index contributed by atoms with van der Waals surface area (Å²) >= 11 is 1.55. The molecule has 0 radical (unpaired) electrons. The Bertz CT molecular complexity index is 1000. The van der Waals surface area contributed by atoms with Gasteiger partial charge >= 0.3 is 0 Å². The number of aromatic nitrogens is 1. The lowest BCUT2D eigenvalue weighted by Crippen LogP contribution is -2.35. The number of nitrogens with zero attached hydrogens (tertiary/aromatic N) is 3. The van der Waals surface area contributed by atoms with Gasteiger partial charge in [-0.1, -0.05) is 30.3 Å². The minimum Gasteiger partial charge on any atom is -0.493 e. The monoisotopic (exact) mass is 407 g/mol. The van der Waals surface area contributed by atoms with E-state index in [9.17, 15) is 4.79 Å². The van der Waals surface area contributed by atoms with Crippen LogP contribution in [-0.4, -0.2) is 42.5 Å². The molecule has 0 aliphatic carbocycles. The molecule has 0 spiro atoms. The van der Waals surface area contributed by atoms with Crippen molar-refractivity contribution in [2.75, 3.05) is 31.6 Å². The predicted molar refractivity (Wildman–Crippen MR) is 118 cm³/mol. The van der Waals surface area contributed by atoms with Crippen LogP contribution in [0.2, 0.25) is 0 Å². The van der Waals surface area contributed by atoms with Crippen molar-refractivity contribution in [3.8, 4) is 16.3 Å². The molecule has 1 aliphatic rings. The Hall–Kier alpha value is -2.86. The number of fused-ring (bicyclic) bond motifs is 1. The third kappa shape index (κ3) is 4.27. The average molecular weight is 408 g/mol. The van der Waals surface area contributed by atoms with Crippen molar-refractivity contribution in [1.29, 1.82) is 0 Å². The van der Waals surface area contributed by atoms with Crippen LogP contribution in [0.25, 0.3) is 10.6 Å². The van der Waals surface area contributed by atoms with Gasteiger partial charge in [-0.15, -0.1) is 11.3 Å². The number of anilines is 1. The lowest BCUT2D eigenvalue weighted by Gasteiger charge is -2.20. The van der Waals surface area contributed by atoms with Crippen molar-refractivity contribution in [2.45, 2.75) is 19.9 Å². The third-order valence-electron chi connectivity index (χ3n) is 5.12. The van der Waals surface area contributed by atoms with Crippen molar-refractivity contribution in [1.82, 2.24) is 9.88 Å². The summed E-state index contributed by atoms with van der Waals surface area (Å²) < 4.78 is 5.72. The SMILES string of the molecule is CCOc1ccccc1-c1nc(CC(=O)N2CCN(C)c3ccccc3C2)cs1. The van der Waals surface area contributed by atoms with Crippen molar-refractivity contribution in [3.63, 3.8) is 0 Å². The van der Waals surface area contributed by atoms with Crippen LogP contribution < -0.4 is 9.64 Å². The first-order valence-electron chi connectivity index (χ1n) is 9.89. The molecule has 0 atom stereocenters. The van der Waals surface area contributed by atoms with E-state index in [1.165, 1.54) is 11.3 Å². The number of hydrogen-bond acceptors (Lipinski definition) is 5. The Morgan fingerprint density at radius 3 is 2.79 bits per heavy atom. The van der Waals surface area contributed by atoms with E-state index in [4.69, 9.17) is 9.72 Å². The second kappa shape index (κ2) is 8.66. The normalized spacial score (nSPS) is 13.7. The standard InChI is InChI=1S/C23H25N3O2S/c1-3-28-21-11-7-5-9-19(21)23-24-18(16-29-23)14-22(27)26-13-12-25(2)20-10-6-4-8-17(20)15-26/h4-11,16H,3,12-15H2,1-2H3. The van der Waals surface area contributed by atoms with Crippen molar-refractivity contribution in [2.24, 2.45) is 0 Å². The van der Waals surface area contributed by atoms with Gasteiger partial charge in [0.2, 0.25) is 5.91 Å². The zero-order chi connectivity index (χ0) is 20.2. The van der Waals surface area contributed by atoms with Gasteiger partial charge in [0.1, 0.15) is 10.8 Å². The smallest absolute Gasteiger partial charge is 0.228 e. The van der Waals surface area contributed by atoms with E-state index in [2.05, 4.69) is 24.1 Å². The van der Waals surface area contributed by atoms with Crippen LogP contribution in [0.5, 0.6) is 5.75 Å². The van der Waals surface area contributed by atoms with Gasteiger partial charge < -0.3 is 14.5 Å². The number of ether oxygens (including phenoxy) is 1. The minimum atomic E-state index is 0.116. The molecule has 29 heavy (non-hydrogen) atoms. The predicted octanol–water partition coefficient (Wildman–Crippen LogP) is 4.23. The Labute approximate surface area is 175 Å². The molecule has 2 heterocycles. The molecule has 4 rings (SSSR count). The van der Waals surface area contributed by atoms with Gasteiger partial charge in [-0.25, -0.2) is 4.98 Å². The maximum Gasteiger partial charge on any atom is 0.228 e. The van der Waals surface area contributed by atoms with Crippen molar-refractivity contribution < 1.29 is 9.53 Å². The molecule has 0 fully saturated rings. The number of benzene rings is 2. The van der Waals surface area contributed by atoms with E-state index in [1.807, 2.05) is 53.6 Å². The highest BCUT2D eigenvalue weighted by Gasteiger charge is 2.22. The van der Waals surface area contributed by atoms with Gasteiger partial charge in [-0.05, 0) is 30.7 Å². The number of carbonyl (C=O) groups excluding carboxylic acids is 1. The minimum absolute atomic E-state index is 0.116. The van der Waals surface area contributed by atoms with Crippen LogP contribution >= 0.6 is 11.3 Å². The van der Waals surface area contributed by atoms with Gasteiger partial charge in [-0.2, -0.15) is 0 Å². The van der Waals surface area contributed by atoms with Crippen LogP contribution in [0.1, 0.15) is 18.2 Å². The number of thiazole rings is 1. The second-order valence-corrected chi connectivity index (χ2v) is 7.97. The quantitative estimate of drug-likeness (QED) is 0.635. The van der Waals surface area contributed by atoms with E-state index in [-0.39, 0.29) is 5.91 Å². The lowest BCUT2D eigenvalue weighted by atomic mass is 10.1. The van der Waals surface area contributed by atoms with Crippen LogP contribution in [-0.2, 0) is 17.8 Å². The van der Waals surface area contributed by atoms with E-state index < -0.39 is 0 Å². The molecule has 2 aromatic carbocycles. The highest BCUT2D eigenvalue weighted by Crippen LogP contribution is 2.32. The molecule has 0 saturated carbocycles. The van der Waals surface area contributed by atoms with Crippen LogP contribution in [0.15, 0.2) is 53.9 Å². The number of rotatable bonds is 5. The summed E-state index contributed by atoms with van der Waals surface area (Å²) in [5.41, 5.74) is 4.17. The molecule has 1 aromatic heterocycles. The molecule has 0 unspecified atom stereocenters. The fourth-order valence-corrected chi connectivity index (χ4v) is 4.46. The van der Waals surface area contributed by atoms with Crippen LogP contribution in [0, 0.1) is 0 Å². The van der Waals surface area contributed by atoms with Gasteiger partial charge in [-0.3, -0.25) is 4.79 Å². The lowest BCUT2D eigenvalue weighted by molar-refractivity contribution is -0.130. The molecule has 0 N–H and O–H groups in total. The molecule has 3 aromatic rings. The van der Waals surface area contributed by atoms with Crippen molar-refractivity contribution >= 4 is 22.9 Å². The molecule has 1 amide bonds. The topological polar surface area (TPSA) is 45.7 Å². The molecule has 6 heteroatoms. The zero-order valence-electron chi connectivity index (χ0n) is 16.8. The molecule has 0 bridgehead atoms. The number of para-hydroxylation sites is 2. The molecular weight excluding hydrogens is 382 g/mol. The van der Waals surface area contributed by atoms with Gasteiger partial charge in [0.25, 0.3) is 0 Å². The second-order valence-electron chi connectivity index (χ2n) is 7.12. The Kier molecular flexibility index (Phi) is 5.81. The van der Waals surface area contributed by atoms with E-state index in [0.717, 1.165) is 28.6 Å². The summed E-state index contributed by atoms with van der Waals surface area (Å²) in [6.45, 7) is 4.77. The molecule has 5 nitrogen and oxygen atoms in total. The van der Waals surface area contributed by atoms with Gasteiger partial charge in [0.15, 0.2) is 0 Å². The first-order chi connectivity index (χ1) is 14.2. The largest absolute Gasteiger partial charge is 0.493 e. The van der Waals surface area contributed by atoms with Gasteiger partial charge in [0.05, 0.1) is 24.3 Å². The highest BCUT2D eigenvalue weighted by atomic mass is 32.1. The van der Waals surface area contributed by atoms with Crippen LogP contribution in [0.4, 0.5) is 5.69 Å². The van der Waals surface area contributed by atoms with E-state index >= 15 is 0 Å². The molecular formula is C23H25N3O2S. The number of amides is 1. The Morgan fingerprint density at radius 1 is 1.14 bits per heavy atom. The number of carbonyl (C=O) groups is 1. The zero-order valence-corrected chi connectivity index (χ0v) is 17.6. The Morgan fingerprint density at radius 2 is 1.93 bits per heavy atom. The highest BCUT2D eigenvalue weighted by molar-refractivity contribution is 7.13. The summed E-state index contributed by atoms with van der Waals surface area (Å²) in [6.07, 6.45) is 0.319. The Balaban J connectivity index is 1.49. The first kappa shape index (κ1) is 19.5. The summed E-state index contributed by atoms with van der Waals surface area (Å²) in [4.78, 5) is 21.9. The van der Waals surface area contributed by atoms with Crippen molar-refractivity contribution in [3.05, 3.63) is 65.2 Å². The number of likely N-dealkylation sites (N-methyl/N-ethyl adjacent to an activating group) is 1. The summed E-state index contributed by atoms with van der Waals surface area (Å²) in [5.74, 6) is 0.944. The summed E-state index contributed by atoms with van der Waals surface area (Å²) in [7, 11) is 2.08. The molecule has 0 saturated heterocycles. The summed E-state index contributed by atoms with van der Waals surface area (Å²) in [6, 6.07) is 16.2. The molecule has 1 aliphatic heterocycles. The maximum atomic E-state index is 13.0. The maximum absolute atomic E-state index is 13.0. The molecule has 150 valence electrons. The fraction of sp³-hybridized carbons (Fsp3) is 0.304. The van der Waals surface area contributed by atoms with E-state index in [1.54, 1.807) is 11.3 Å². The third-order valence-corrected chi connectivity index (χ3v) is 6.05.